The van der Waals surface area contributed by atoms with E-state index < -0.39 is 0 Å². The highest BCUT2D eigenvalue weighted by atomic mass is 16.3. The van der Waals surface area contributed by atoms with Crippen molar-refractivity contribution >= 4 is 27.8 Å². The number of phenolic OH excluding ortho intramolecular Hbond substituents is 1. The average molecular weight is 291 g/mol. The summed E-state index contributed by atoms with van der Waals surface area (Å²) in [7, 11) is 0. The van der Waals surface area contributed by atoms with E-state index in [1.54, 1.807) is 6.07 Å². The molecule has 0 aliphatic rings. The Balaban J connectivity index is 2.16. The lowest BCUT2D eigenvalue weighted by atomic mass is 10.0. The smallest absolute Gasteiger partial charge is 0.125 e. The standard InChI is InChI=1S/C18H17N3O/c1-11-8-13-10-12(2)18(17(19)16(13)15(22)9-11)21-20-14-6-4-3-5-7-14/h3-10,22H,19H2,1-2H3. The van der Waals surface area contributed by atoms with Gasteiger partial charge in [0.05, 0.1) is 11.4 Å². The summed E-state index contributed by atoms with van der Waals surface area (Å²) in [6.45, 7) is 3.88. The SMILES string of the molecule is Cc1cc(O)c2c(N)c(N=Nc3ccccc3)c(C)cc2c1. The summed E-state index contributed by atoms with van der Waals surface area (Å²) < 4.78 is 0. The number of benzene rings is 3. The number of anilines is 1. The Morgan fingerprint density at radius 3 is 2.41 bits per heavy atom. The highest BCUT2D eigenvalue weighted by molar-refractivity contribution is 6.03. The van der Waals surface area contributed by atoms with Crippen LogP contribution in [0.4, 0.5) is 17.1 Å². The number of fused-ring (bicyclic) bond motifs is 1. The quantitative estimate of drug-likeness (QED) is 0.505. The molecule has 3 aromatic carbocycles. The molecule has 0 aliphatic carbocycles. The van der Waals surface area contributed by atoms with Crippen molar-refractivity contribution in [1.29, 1.82) is 0 Å². The zero-order valence-electron chi connectivity index (χ0n) is 12.5. The van der Waals surface area contributed by atoms with Gasteiger partial charge in [0.25, 0.3) is 0 Å². The van der Waals surface area contributed by atoms with Gasteiger partial charge >= 0.3 is 0 Å². The van der Waals surface area contributed by atoms with Crippen molar-refractivity contribution in [2.45, 2.75) is 13.8 Å². The monoisotopic (exact) mass is 291 g/mol. The van der Waals surface area contributed by atoms with Crippen LogP contribution in [0.3, 0.4) is 0 Å². The van der Waals surface area contributed by atoms with Crippen molar-refractivity contribution in [3.63, 3.8) is 0 Å². The molecule has 0 heterocycles. The zero-order valence-corrected chi connectivity index (χ0v) is 12.5. The highest BCUT2D eigenvalue weighted by Crippen LogP contribution is 2.40. The molecule has 0 bridgehead atoms. The van der Waals surface area contributed by atoms with Gasteiger partial charge in [-0.3, -0.25) is 0 Å². The van der Waals surface area contributed by atoms with Gasteiger partial charge in [-0.25, -0.2) is 0 Å². The molecule has 0 fully saturated rings. The lowest BCUT2D eigenvalue weighted by molar-refractivity contribution is 0.481. The van der Waals surface area contributed by atoms with Crippen LogP contribution < -0.4 is 5.73 Å². The van der Waals surface area contributed by atoms with E-state index in [0.29, 0.717) is 16.8 Å². The summed E-state index contributed by atoms with van der Waals surface area (Å²) in [6.07, 6.45) is 0. The van der Waals surface area contributed by atoms with Crippen LogP contribution in [0.1, 0.15) is 11.1 Å². The van der Waals surface area contributed by atoms with Crippen molar-refractivity contribution in [2.75, 3.05) is 5.73 Å². The van der Waals surface area contributed by atoms with Crippen LogP contribution in [-0.2, 0) is 0 Å². The van der Waals surface area contributed by atoms with Gasteiger partial charge in [-0.15, -0.1) is 5.11 Å². The van der Waals surface area contributed by atoms with Crippen molar-refractivity contribution in [1.82, 2.24) is 0 Å². The third kappa shape index (κ3) is 2.51. The predicted molar refractivity (Wildman–Crippen MR) is 90.1 cm³/mol. The number of phenols is 1. The molecule has 0 aliphatic heterocycles. The summed E-state index contributed by atoms with van der Waals surface area (Å²) in [5.41, 5.74) is 9.94. The number of nitrogen functional groups attached to an aromatic ring is 1. The Kier molecular flexibility index (Phi) is 3.51. The summed E-state index contributed by atoms with van der Waals surface area (Å²) in [4.78, 5) is 0. The molecule has 3 N–H and O–H groups in total. The van der Waals surface area contributed by atoms with Gasteiger partial charge in [-0.2, -0.15) is 5.11 Å². The molecular weight excluding hydrogens is 274 g/mol. The molecule has 0 spiro atoms. The molecular formula is C18H17N3O. The molecule has 3 rings (SSSR count). The minimum atomic E-state index is 0.170. The maximum Gasteiger partial charge on any atom is 0.125 e. The molecule has 3 aromatic rings. The minimum absolute atomic E-state index is 0.170. The largest absolute Gasteiger partial charge is 0.507 e. The third-order valence-corrected chi connectivity index (χ3v) is 3.58. The molecule has 0 saturated carbocycles. The third-order valence-electron chi connectivity index (χ3n) is 3.58. The van der Waals surface area contributed by atoms with Gasteiger partial charge in [0.1, 0.15) is 11.4 Å². The second-order valence-electron chi connectivity index (χ2n) is 5.37. The van der Waals surface area contributed by atoms with E-state index in [1.165, 1.54) is 0 Å². The van der Waals surface area contributed by atoms with E-state index in [1.807, 2.05) is 56.3 Å². The predicted octanol–water partition coefficient (Wildman–Crippen LogP) is 5.16. The molecule has 0 unspecified atom stereocenters. The van der Waals surface area contributed by atoms with Crippen LogP contribution in [-0.4, -0.2) is 5.11 Å². The fourth-order valence-corrected chi connectivity index (χ4v) is 2.57. The van der Waals surface area contributed by atoms with Crippen LogP contribution in [0.2, 0.25) is 0 Å². The summed E-state index contributed by atoms with van der Waals surface area (Å²) in [5.74, 6) is 0.170. The normalized spacial score (nSPS) is 11.4. The fraction of sp³-hybridized carbons (Fsp3) is 0.111. The van der Waals surface area contributed by atoms with Gasteiger partial charge in [0.15, 0.2) is 0 Å². The maximum atomic E-state index is 10.2. The zero-order chi connectivity index (χ0) is 15.7. The van der Waals surface area contributed by atoms with Crippen molar-refractivity contribution in [3.8, 4) is 5.75 Å². The number of rotatable bonds is 2. The molecule has 0 atom stereocenters. The van der Waals surface area contributed by atoms with Gasteiger partial charge in [-0.05, 0) is 54.6 Å². The summed E-state index contributed by atoms with van der Waals surface area (Å²) >= 11 is 0. The second-order valence-corrected chi connectivity index (χ2v) is 5.37. The average Bonchev–Trinajstić information content (AvgIpc) is 2.47. The Bertz CT molecular complexity index is 871. The molecule has 4 nitrogen and oxygen atoms in total. The topological polar surface area (TPSA) is 71.0 Å². The van der Waals surface area contributed by atoms with E-state index >= 15 is 0 Å². The summed E-state index contributed by atoms with van der Waals surface area (Å²) in [5, 5.41) is 20.2. The van der Waals surface area contributed by atoms with E-state index in [-0.39, 0.29) is 5.75 Å². The molecule has 4 heteroatoms. The number of nitrogens with two attached hydrogens (primary N) is 1. The maximum absolute atomic E-state index is 10.2. The summed E-state index contributed by atoms with van der Waals surface area (Å²) in [6, 6.07) is 15.1. The highest BCUT2D eigenvalue weighted by Gasteiger charge is 2.12. The van der Waals surface area contributed by atoms with Gasteiger partial charge in [-0.1, -0.05) is 24.3 Å². The van der Waals surface area contributed by atoms with Crippen LogP contribution in [0.25, 0.3) is 10.8 Å². The number of hydrogen-bond acceptors (Lipinski definition) is 4. The van der Waals surface area contributed by atoms with E-state index in [9.17, 15) is 5.11 Å². The van der Waals surface area contributed by atoms with Crippen LogP contribution in [0.5, 0.6) is 5.75 Å². The van der Waals surface area contributed by atoms with Crippen molar-refractivity contribution in [3.05, 3.63) is 59.7 Å². The number of aromatic hydroxyl groups is 1. The second kappa shape index (κ2) is 5.48. The first-order valence-corrected chi connectivity index (χ1v) is 7.05. The van der Waals surface area contributed by atoms with Crippen LogP contribution >= 0.6 is 0 Å². The van der Waals surface area contributed by atoms with Crippen LogP contribution in [0, 0.1) is 13.8 Å². The molecule has 22 heavy (non-hydrogen) atoms. The minimum Gasteiger partial charge on any atom is -0.507 e. The lowest BCUT2D eigenvalue weighted by Crippen LogP contribution is -1.92. The molecule has 0 radical (unpaired) electrons. The van der Waals surface area contributed by atoms with Crippen molar-refractivity contribution in [2.24, 2.45) is 10.2 Å². The number of hydrogen-bond donors (Lipinski definition) is 2. The first-order chi connectivity index (χ1) is 10.6. The Morgan fingerprint density at radius 1 is 0.955 bits per heavy atom. The number of nitrogens with zero attached hydrogens (tertiary/aromatic N) is 2. The van der Waals surface area contributed by atoms with Gasteiger partial charge < -0.3 is 10.8 Å². The fourth-order valence-electron chi connectivity index (χ4n) is 2.57. The molecule has 0 aromatic heterocycles. The van der Waals surface area contributed by atoms with Gasteiger partial charge in [0, 0.05) is 5.39 Å². The number of aryl methyl sites for hydroxylation is 2. The Labute approximate surface area is 128 Å². The molecule has 0 saturated heterocycles. The van der Waals surface area contributed by atoms with E-state index in [2.05, 4.69) is 10.2 Å². The lowest BCUT2D eigenvalue weighted by Gasteiger charge is -2.11. The Morgan fingerprint density at radius 2 is 1.68 bits per heavy atom. The van der Waals surface area contributed by atoms with E-state index in [0.717, 1.165) is 22.2 Å². The first kappa shape index (κ1) is 14.1. The van der Waals surface area contributed by atoms with E-state index in [4.69, 9.17) is 5.73 Å². The number of azo groups is 1. The van der Waals surface area contributed by atoms with Crippen molar-refractivity contribution < 1.29 is 5.11 Å². The molecule has 110 valence electrons. The first-order valence-electron chi connectivity index (χ1n) is 7.05. The van der Waals surface area contributed by atoms with Gasteiger partial charge in [0.2, 0.25) is 0 Å². The van der Waals surface area contributed by atoms with Crippen LogP contribution in [0.15, 0.2) is 58.8 Å². The Hall–Kier alpha value is -2.88. The molecule has 0 amide bonds.